The normalized spacial score (nSPS) is 10.2. The number of nitrogens with one attached hydrogen (secondary N) is 2. The molecule has 0 bridgehead atoms. The van der Waals surface area contributed by atoms with Crippen LogP contribution in [0.5, 0.6) is 0 Å². The van der Waals surface area contributed by atoms with E-state index >= 15 is 0 Å². The van der Waals surface area contributed by atoms with Crippen LogP contribution in [0.2, 0.25) is 0 Å². The van der Waals surface area contributed by atoms with Crippen LogP contribution in [0.25, 0.3) is 0 Å². The molecule has 0 spiro atoms. The molecule has 0 aliphatic carbocycles. The molecule has 0 atom stereocenters. The van der Waals surface area contributed by atoms with Crippen molar-refractivity contribution in [2.75, 3.05) is 0 Å². The third-order valence-corrected chi connectivity index (χ3v) is 6.05. The number of carbonyl (C=O) groups excluding carboxylic acids is 1. The highest BCUT2D eigenvalue weighted by atomic mass is 16.6. The number of ether oxygens (including phenoxy) is 1. The maximum absolute atomic E-state index is 10.9. The molecule has 0 aliphatic heterocycles. The van der Waals surface area contributed by atoms with E-state index in [0.29, 0.717) is 12.1 Å². The number of hydrogen-bond donors (Lipinski definition) is 2. The van der Waals surface area contributed by atoms with Crippen molar-refractivity contribution in [1.29, 1.82) is 0 Å². The molecule has 48 heavy (non-hydrogen) atoms. The number of carbonyl (C=O) groups is 1. The second-order valence-corrected chi connectivity index (χ2v) is 12.7. The first kappa shape index (κ1) is 45.9. The average molecular weight is 656 g/mol. The zero-order chi connectivity index (χ0) is 33.2. The van der Waals surface area contributed by atoms with E-state index in [9.17, 15) is 4.79 Å². The SMILES string of the molecule is C.C.C.CC(C)N=C(c1ccccc1)c1ccccc1.CC(C)NC(=O)OC(C)(C)C.CC(C)NC(c1ccccc1)c1ccccc1. The topological polar surface area (TPSA) is 62.7 Å². The van der Waals surface area contributed by atoms with Crippen molar-refractivity contribution >= 4 is 11.8 Å². The quantitative estimate of drug-likeness (QED) is 0.186. The first-order valence-electron chi connectivity index (χ1n) is 15.9. The Balaban J connectivity index is 0. The fraction of sp³-hybridized carbons (Fsp3) is 0.395. The van der Waals surface area contributed by atoms with Crippen LogP contribution in [0, 0.1) is 0 Å². The van der Waals surface area contributed by atoms with E-state index < -0.39 is 5.60 Å². The van der Waals surface area contributed by atoms with Gasteiger partial charge < -0.3 is 15.4 Å². The average Bonchev–Trinajstić information content (AvgIpc) is 2.99. The number of hydrogen-bond acceptors (Lipinski definition) is 4. The summed E-state index contributed by atoms with van der Waals surface area (Å²) in [6, 6.07) is 43.0. The molecule has 0 heterocycles. The van der Waals surface area contributed by atoms with Crippen LogP contribution in [-0.2, 0) is 4.74 Å². The van der Waals surface area contributed by atoms with Gasteiger partial charge in [0.25, 0.3) is 0 Å². The monoisotopic (exact) mass is 656 g/mol. The van der Waals surface area contributed by atoms with Crippen LogP contribution < -0.4 is 10.6 Å². The number of nitrogens with zero attached hydrogens (tertiary/aromatic N) is 1. The van der Waals surface area contributed by atoms with Crippen molar-refractivity contribution in [1.82, 2.24) is 10.6 Å². The lowest BCUT2D eigenvalue weighted by atomic mass is 9.98. The fourth-order valence-electron chi connectivity index (χ4n) is 4.32. The lowest BCUT2D eigenvalue weighted by Crippen LogP contribution is -2.36. The molecule has 4 aromatic rings. The highest BCUT2D eigenvalue weighted by Crippen LogP contribution is 2.22. The molecule has 0 aliphatic rings. The summed E-state index contributed by atoms with van der Waals surface area (Å²) in [5.41, 5.74) is 5.64. The lowest BCUT2D eigenvalue weighted by Gasteiger charge is -2.22. The third kappa shape index (κ3) is 18.8. The molecule has 1 amide bonds. The molecule has 0 saturated heterocycles. The van der Waals surface area contributed by atoms with Gasteiger partial charge in [-0.1, -0.05) is 144 Å². The zero-order valence-corrected chi connectivity index (χ0v) is 28.6. The van der Waals surface area contributed by atoms with E-state index in [4.69, 9.17) is 9.73 Å². The second-order valence-electron chi connectivity index (χ2n) is 12.7. The minimum Gasteiger partial charge on any atom is -0.444 e. The lowest BCUT2D eigenvalue weighted by molar-refractivity contribution is 0.0512. The molecule has 5 nitrogen and oxygen atoms in total. The van der Waals surface area contributed by atoms with Crippen molar-refractivity contribution in [2.24, 2.45) is 4.99 Å². The van der Waals surface area contributed by atoms with Gasteiger partial charge in [-0.3, -0.25) is 4.99 Å². The zero-order valence-electron chi connectivity index (χ0n) is 28.6. The van der Waals surface area contributed by atoms with E-state index in [1.165, 1.54) is 22.3 Å². The summed E-state index contributed by atoms with van der Waals surface area (Å²) in [7, 11) is 0. The van der Waals surface area contributed by atoms with Crippen molar-refractivity contribution in [3.8, 4) is 0 Å². The fourth-order valence-corrected chi connectivity index (χ4v) is 4.32. The van der Waals surface area contributed by atoms with E-state index in [2.05, 4.69) is 123 Å². The molecule has 0 unspecified atom stereocenters. The van der Waals surface area contributed by atoms with Gasteiger partial charge in [-0.05, 0) is 73.4 Å². The predicted octanol–water partition coefficient (Wildman–Crippen LogP) is 11.5. The number of benzene rings is 4. The number of amides is 1. The van der Waals surface area contributed by atoms with Gasteiger partial charge in [0, 0.05) is 29.3 Å². The molecule has 4 rings (SSSR count). The van der Waals surface area contributed by atoms with Gasteiger partial charge in [0.1, 0.15) is 5.60 Å². The molecule has 2 N–H and O–H groups in total. The highest BCUT2D eigenvalue weighted by molar-refractivity contribution is 6.12. The standard InChI is InChI=1S/C16H19N.C16H17N.C8H17NO2.3CH4/c2*1-13(2)17-16(14-9-5-3-6-10-14)15-11-7-4-8-12-15;1-6(2)9-7(10)11-8(3,4)5;;;/h3-13,16-17H,1-2H3;3-13H,1-2H3;6H,1-5H3,(H,9,10);3*1H4. The molecule has 0 radical (unpaired) electrons. The van der Waals surface area contributed by atoms with Gasteiger partial charge in [-0.15, -0.1) is 0 Å². The summed E-state index contributed by atoms with van der Waals surface area (Å²) < 4.78 is 5.00. The van der Waals surface area contributed by atoms with Crippen LogP contribution >= 0.6 is 0 Å². The van der Waals surface area contributed by atoms with E-state index in [1.54, 1.807) is 0 Å². The van der Waals surface area contributed by atoms with Crippen LogP contribution in [0.3, 0.4) is 0 Å². The van der Waals surface area contributed by atoms with Crippen LogP contribution in [0.15, 0.2) is 126 Å². The van der Waals surface area contributed by atoms with Crippen LogP contribution in [0.1, 0.15) is 113 Å². The number of alkyl carbamates (subject to hydrolysis) is 1. The first-order valence-corrected chi connectivity index (χ1v) is 15.9. The Morgan fingerprint density at radius 1 is 0.583 bits per heavy atom. The number of aliphatic imine (C=N–C) groups is 1. The van der Waals surface area contributed by atoms with Gasteiger partial charge >= 0.3 is 6.09 Å². The van der Waals surface area contributed by atoms with E-state index in [-0.39, 0.29) is 40.5 Å². The Morgan fingerprint density at radius 3 is 1.23 bits per heavy atom. The van der Waals surface area contributed by atoms with Gasteiger partial charge in [0.05, 0.1) is 11.8 Å². The maximum Gasteiger partial charge on any atom is 0.407 e. The van der Waals surface area contributed by atoms with Crippen molar-refractivity contribution < 1.29 is 9.53 Å². The van der Waals surface area contributed by atoms with Gasteiger partial charge in [0.15, 0.2) is 0 Å². The van der Waals surface area contributed by atoms with Gasteiger partial charge in [-0.2, -0.15) is 0 Å². The second kappa shape index (κ2) is 24.0. The molecule has 4 aromatic carbocycles. The molecule has 5 heteroatoms. The molecule has 264 valence electrons. The smallest absolute Gasteiger partial charge is 0.407 e. The summed E-state index contributed by atoms with van der Waals surface area (Å²) in [6.45, 7) is 17.9. The maximum atomic E-state index is 10.9. The van der Waals surface area contributed by atoms with Gasteiger partial charge in [0.2, 0.25) is 0 Å². The first-order chi connectivity index (χ1) is 21.4. The molecule has 0 aromatic heterocycles. The highest BCUT2D eigenvalue weighted by Gasteiger charge is 2.16. The third-order valence-electron chi connectivity index (χ3n) is 6.05. The largest absolute Gasteiger partial charge is 0.444 e. The Bertz CT molecular complexity index is 1300. The van der Waals surface area contributed by atoms with Gasteiger partial charge in [-0.25, -0.2) is 4.79 Å². The summed E-state index contributed by atoms with van der Waals surface area (Å²) in [5, 5.41) is 6.25. The van der Waals surface area contributed by atoms with E-state index in [1.807, 2.05) is 71.0 Å². The minimum atomic E-state index is -0.404. The molecular weight excluding hydrogens is 590 g/mol. The number of rotatable bonds is 8. The van der Waals surface area contributed by atoms with Crippen molar-refractivity contribution in [3.63, 3.8) is 0 Å². The molecule has 0 fully saturated rings. The summed E-state index contributed by atoms with van der Waals surface area (Å²) in [5.74, 6) is 0. The van der Waals surface area contributed by atoms with E-state index in [0.717, 1.165) is 5.71 Å². The molecule has 0 saturated carbocycles. The van der Waals surface area contributed by atoms with Crippen molar-refractivity contribution in [3.05, 3.63) is 144 Å². The summed E-state index contributed by atoms with van der Waals surface area (Å²) in [4.78, 5) is 15.7. The van der Waals surface area contributed by atoms with Crippen LogP contribution in [0.4, 0.5) is 4.79 Å². The Hall–Kier alpha value is -4.22. The Kier molecular flexibility index (Phi) is 23.0. The van der Waals surface area contributed by atoms with Crippen molar-refractivity contribution in [2.45, 2.75) is 114 Å². The minimum absolute atomic E-state index is 0. The summed E-state index contributed by atoms with van der Waals surface area (Å²) in [6.07, 6.45) is -0.354. The summed E-state index contributed by atoms with van der Waals surface area (Å²) >= 11 is 0. The Labute approximate surface area is 294 Å². The molecular formula is C43H65N3O2. The van der Waals surface area contributed by atoms with Crippen LogP contribution in [-0.4, -0.2) is 35.5 Å². The Morgan fingerprint density at radius 2 is 0.938 bits per heavy atom. The predicted molar refractivity (Wildman–Crippen MR) is 211 cm³/mol.